The van der Waals surface area contributed by atoms with Crippen LogP contribution in [-0.2, 0) is 23.9 Å². The summed E-state index contributed by atoms with van der Waals surface area (Å²) in [6.45, 7) is 12.4. The molecule has 34 heavy (non-hydrogen) atoms. The lowest BCUT2D eigenvalue weighted by molar-refractivity contribution is -0.201. The van der Waals surface area contributed by atoms with Gasteiger partial charge < -0.3 is 19.7 Å². The number of allylic oxidation sites excluding steroid dienone is 2. The molecule has 0 aromatic rings. The van der Waals surface area contributed by atoms with Crippen molar-refractivity contribution in [1.29, 1.82) is 0 Å². The van der Waals surface area contributed by atoms with E-state index in [0.29, 0.717) is 23.1 Å². The second-order valence-electron chi connectivity index (χ2n) is 11.1. The van der Waals surface area contributed by atoms with E-state index in [0.717, 1.165) is 0 Å². The molecule has 2 N–H and O–H groups in total. The number of fused-ring (bicyclic) bond motifs is 3. The summed E-state index contributed by atoms with van der Waals surface area (Å²) in [5.74, 6) is -1.94. The monoisotopic (exact) mass is 472 g/mol. The maximum atomic E-state index is 14.4. The van der Waals surface area contributed by atoms with Crippen molar-refractivity contribution in [2.45, 2.75) is 72.7 Å². The number of ether oxygens (including phenoxy) is 2. The van der Waals surface area contributed by atoms with Crippen LogP contribution in [0.4, 0.5) is 0 Å². The molecule has 186 valence electrons. The first-order valence-electron chi connectivity index (χ1n) is 12.1. The maximum absolute atomic E-state index is 14.4. The van der Waals surface area contributed by atoms with Gasteiger partial charge in [-0.15, -0.1) is 0 Å². The molecule has 9 atom stereocenters. The first-order valence-corrected chi connectivity index (χ1v) is 12.1. The molecule has 4 aliphatic carbocycles. The minimum absolute atomic E-state index is 0.0637. The fourth-order valence-corrected chi connectivity index (χ4v) is 7.18. The van der Waals surface area contributed by atoms with Crippen LogP contribution in [-0.4, -0.2) is 52.4 Å². The van der Waals surface area contributed by atoms with Crippen molar-refractivity contribution in [3.8, 4) is 0 Å². The zero-order chi connectivity index (χ0) is 25.4. The molecule has 2 saturated carbocycles. The predicted octanol–water partition coefficient (Wildman–Crippen LogP) is 2.90. The van der Waals surface area contributed by atoms with Crippen molar-refractivity contribution >= 4 is 17.7 Å². The van der Waals surface area contributed by atoms with Crippen LogP contribution in [0.5, 0.6) is 0 Å². The van der Waals surface area contributed by atoms with E-state index in [-0.39, 0.29) is 41.5 Å². The Morgan fingerprint density at radius 1 is 1.24 bits per heavy atom. The van der Waals surface area contributed by atoms with Crippen LogP contribution in [0, 0.1) is 34.5 Å². The summed E-state index contributed by atoms with van der Waals surface area (Å²) in [5.41, 5.74) is -2.35. The minimum Gasteiger partial charge on any atom is -0.465 e. The van der Waals surface area contributed by atoms with Crippen molar-refractivity contribution in [1.82, 2.24) is 0 Å². The van der Waals surface area contributed by atoms with Crippen LogP contribution in [0.25, 0.3) is 0 Å². The zero-order valence-electron chi connectivity index (χ0n) is 21.0. The summed E-state index contributed by atoms with van der Waals surface area (Å²) in [6.07, 6.45) is 3.22. The summed E-state index contributed by atoms with van der Waals surface area (Å²) in [6, 6.07) is 0. The number of esters is 2. The summed E-state index contributed by atoms with van der Waals surface area (Å²) in [7, 11) is 0. The van der Waals surface area contributed by atoms with Crippen LogP contribution in [0.1, 0.15) is 54.9 Å². The van der Waals surface area contributed by atoms with Crippen molar-refractivity contribution in [3.63, 3.8) is 0 Å². The second-order valence-corrected chi connectivity index (χ2v) is 11.1. The fraction of sp³-hybridized carbons (Fsp3) is 0.667. The molecule has 0 radical (unpaired) electrons. The molecule has 4 aliphatic rings. The Balaban J connectivity index is 1.82. The van der Waals surface area contributed by atoms with Gasteiger partial charge in [-0.25, -0.2) is 4.79 Å². The van der Waals surface area contributed by atoms with E-state index in [1.54, 1.807) is 45.9 Å². The number of rotatable bonds is 4. The van der Waals surface area contributed by atoms with E-state index in [9.17, 15) is 24.6 Å². The highest BCUT2D eigenvalue weighted by molar-refractivity contribution is 5.96. The number of carbonyl (C=O) groups is 3. The summed E-state index contributed by atoms with van der Waals surface area (Å²) in [5, 5.41) is 23.8. The Hall–Kier alpha value is -2.25. The maximum Gasteiger partial charge on any atom is 0.334 e. The summed E-state index contributed by atoms with van der Waals surface area (Å²) < 4.78 is 11.1. The Labute approximate surface area is 200 Å². The molecule has 0 aromatic heterocycles. The van der Waals surface area contributed by atoms with Gasteiger partial charge in [-0.2, -0.15) is 0 Å². The Morgan fingerprint density at radius 2 is 1.88 bits per heavy atom. The zero-order valence-corrected chi connectivity index (χ0v) is 21.0. The van der Waals surface area contributed by atoms with E-state index >= 15 is 0 Å². The molecule has 7 heteroatoms. The van der Waals surface area contributed by atoms with Gasteiger partial charge in [0.1, 0.15) is 6.10 Å². The summed E-state index contributed by atoms with van der Waals surface area (Å²) >= 11 is 0. The van der Waals surface area contributed by atoms with Gasteiger partial charge in [-0.3, -0.25) is 9.59 Å². The fourth-order valence-electron chi connectivity index (χ4n) is 7.18. The first kappa shape index (κ1) is 24.9. The van der Waals surface area contributed by atoms with Gasteiger partial charge in [0.15, 0.2) is 17.5 Å². The molecule has 2 bridgehead atoms. The number of aliphatic hydroxyl groups is 2. The highest BCUT2D eigenvalue weighted by atomic mass is 16.6. The van der Waals surface area contributed by atoms with E-state index < -0.39 is 35.1 Å². The molecule has 7 nitrogen and oxygen atoms in total. The van der Waals surface area contributed by atoms with Crippen LogP contribution in [0.2, 0.25) is 0 Å². The van der Waals surface area contributed by atoms with E-state index in [4.69, 9.17) is 9.47 Å². The van der Waals surface area contributed by atoms with Gasteiger partial charge in [0, 0.05) is 23.8 Å². The van der Waals surface area contributed by atoms with E-state index in [1.165, 1.54) is 6.92 Å². The van der Waals surface area contributed by atoms with Crippen molar-refractivity contribution in [3.05, 3.63) is 34.9 Å². The van der Waals surface area contributed by atoms with Gasteiger partial charge in [0.2, 0.25) is 0 Å². The predicted molar refractivity (Wildman–Crippen MR) is 124 cm³/mol. The van der Waals surface area contributed by atoms with Crippen molar-refractivity contribution in [2.24, 2.45) is 34.5 Å². The minimum atomic E-state index is -2.02. The van der Waals surface area contributed by atoms with E-state index in [1.807, 2.05) is 13.8 Å². The van der Waals surface area contributed by atoms with Crippen molar-refractivity contribution in [2.75, 3.05) is 6.61 Å². The number of ketones is 1. The number of hydrogen-bond donors (Lipinski definition) is 2. The lowest BCUT2D eigenvalue weighted by atomic mass is 9.59. The van der Waals surface area contributed by atoms with Gasteiger partial charge in [-0.1, -0.05) is 32.1 Å². The SMILES string of the molecule is CC=C(C)C(=O)OC1C(C)=CC23C(=O)C(C=C(C)C(O)C12O)C1C(CC3C)C1(C)COC(C)=O. The van der Waals surface area contributed by atoms with Crippen LogP contribution in [0.15, 0.2) is 34.9 Å². The average molecular weight is 473 g/mol. The smallest absolute Gasteiger partial charge is 0.334 e. The highest BCUT2D eigenvalue weighted by Crippen LogP contribution is 2.72. The number of carbonyl (C=O) groups excluding carboxylic acids is 3. The molecule has 9 unspecified atom stereocenters. The molecule has 0 aromatic carbocycles. The van der Waals surface area contributed by atoms with Crippen LogP contribution < -0.4 is 0 Å². The van der Waals surface area contributed by atoms with Crippen LogP contribution in [0.3, 0.4) is 0 Å². The van der Waals surface area contributed by atoms with Gasteiger partial charge >= 0.3 is 11.9 Å². The van der Waals surface area contributed by atoms with Crippen molar-refractivity contribution < 1.29 is 34.1 Å². The third kappa shape index (κ3) is 3.05. The van der Waals surface area contributed by atoms with Gasteiger partial charge in [0.25, 0.3) is 0 Å². The highest BCUT2D eigenvalue weighted by Gasteiger charge is 2.77. The molecule has 0 amide bonds. The lowest BCUT2D eigenvalue weighted by Gasteiger charge is -2.48. The lowest BCUT2D eigenvalue weighted by Crippen LogP contribution is -2.65. The molecule has 0 saturated heterocycles. The standard InChI is InChI=1S/C27H36O7/c1-8-13(2)24(31)34-23-15(4)11-26-16(5)10-19-20(25(19,7)12-33-17(6)28)18(22(26)30)9-14(3)21(29)27(23,26)32/h8-9,11,16,18-21,23,29,32H,10,12H2,1-7H3. The number of aliphatic hydroxyl groups excluding tert-OH is 1. The van der Waals surface area contributed by atoms with Gasteiger partial charge in [0.05, 0.1) is 12.0 Å². The Morgan fingerprint density at radius 3 is 2.47 bits per heavy atom. The first-order chi connectivity index (χ1) is 15.8. The quantitative estimate of drug-likeness (QED) is 0.368. The number of hydrogen-bond acceptors (Lipinski definition) is 7. The topological polar surface area (TPSA) is 110 Å². The molecule has 0 aliphatic heterocycles. The third-order valence-electron chi connectivity index (χ3n) is 9.20. The third-order valence-corrected chi connectivity index (χ3v) is 9.20. The number of Topliss-reactive ketones (excluding diaryl/α,β-unsaturated/α-hetero) is 1. The van der Waals surface area contributed by atoms with Gasteiger partial charge in [-0.05, 0) is 63.0 Å². The summed E-state index contributed by atoms with van der Waals surface area (Å²) in [4.78, 5) is 38.5. The molecule has 4 rings (SSSR count). The van der Waals surface area contributed by atoms with E-state index in [2.05, 4.69) is 0 Å². The molecule has 2 fully saturated rings. The molecule has 0 heterocycles. The second kappa shape index (κ2) is 7.89. The molecule has 1 spiro atoms. The average Bonchev–Trinajstić information content (AvgIpc) is 3.31. The Bertz CT molecular complexity index is 1040. The largest absolute Gasteiger partial charge is 0.465 e. The Kier molecular flexibility index (Phi) is 5.77. The van der Waals surface area contributed by atoms with Crippen LogP contribution >= 0.6 is 0 Å². The normalized spacial score (nSPS) is 45.2. The molecular weight excluding hydrogens is 436 g/mol. The molecular formula is C27H36O7.